The highest BCUT2D eigenvalue weighted by Gasteiger charge is 2.27. The van der Waals surface area contributed by atoms with Gasteiger partial charge in [0.05, 0.1) is 13.2 Å². The second-order valence-corrected chi connectivity index (χ2v) is 4.65. The van der Waals surface area contributed by atoms with Gasteiger partial charge in [-0.25, -0.2) is 0 Å². The van der Waals surface area contributed by atoms with Crippen LogP contribution in [0.25, 0.3) is 0 Å². The Balaban J connectivity index is 2.27. The molecule has 1 aliphatic heterocycles. The molecule has 100 valence electrons. The van der Waals surface area contributed by atoms with E-state index in [1.165, 1.54) is 0 Å². The normalized spacial score (nSPS) is 25.0. The van der Waals surface area contributed by atoms with Crippen LogP contribution in [0.2, 0.25) is 0 Å². The van der Waals surface area contributed by atoms with Crippen molar-refractivity contribution in [3.63, 3.8) is 0 Å². The highest BCUT2D eigenvalue weighted by molar-refractivity contribution is 5.77. The fourth-order valence-corrected chi connectivity index (χ4v) is 2.08. The van der Waals surface area contributed by atoms with Crippen molar-refractivity contribution in [3.8, 4) is 0 Å². The van der Waals surface area contributed by atoms with E-state index in [1.807, 2.05) is 4.90 Å². The number of ether oxygens (including phenoxy) is 2. The number of hydrogen-bond acceptors (Lipinski definition) is 4. The second-order valence-electron chi connectivity index (χ2n) is 4.65. The number of carbonyl (C=O) groups excluding carboxylic acids is 1. The average molecular weight is 244 g/mol. The van der Waals surface area contributed by atoms with Crippen molar-refractivity contribution >= 4 is 5.91 Å². The maximum atomic E-state index is 11.8. The molecule has 0 bridgehead atoms. The lowest BCUT2D eigenvalue weighted by Gasteiger charge is -2.36. The zero-order valence-corrected chi connectivity index (χ0v) is 10.9. The Labute approximate surface area is 103 Å². The Morgan fingerprint density at radius 2 is 2.24 bits per heavy atom. The fraction of sp³-hybridized carbons (Fsp3) is 0.917. The van der Waals surface area contributed by atoms with Crippen LogP contribution >= 0.6 is 0 Å². The Kier molecular flexibility index (Phi) is 6.47. The third kappa shape index (κ3) is 4.61. The van der Waals surface area contributed by atoms with Gasteiger partial charge in [-0.15, -0.1) is 0 Å². The standard InChI is InChI=1S/C12H24N2O3/c1-10-3-4-14(8-11(10)7-13)12(15)9-17-6-5-16-2/h10-11H,3-9,13H2,1-2H3. The minimum atomic E-state index is 0.0615. The summed E-state index contributed by atoms with van der Waals surface area (Å²) in [6, 6.07) is 0. The summed E-state index contributed by atoms with van der Waals surface area (Å²) in [6.45, 7) is 5.58. The van der Waals surface area contributed by atoms with Gasteiger partial charge in [-0.1, -0.05) is 6.92 Å². The number of rotatable bonds is 6. The minimum absolute atomic E-state index is 0.0615. The summed E-state index contributed by atoms with van der Waals surface area (Å²) >= 11 is 0. The molecule has 0 saturated carbocycles. The lowest BCUT2D eigenvalue weighted by Crippen LogP contribution is -2.46. The molecule has 1 amide bonds. The smallest absolute Gasteiger partial charge is 0.248 e. The lowest BCUT2D eigenvalue weighted by atomic mass is 9.87. The van der Waals surface area contributed by atoms with E-state index in [1.54, 1.807) is 7.11 Å². The molecule has 0 aromatic carbocycles. The topological polar surface area (TPSA) is 64.8 Å². The number of nitrogens with two attached hydrogens (primary N) is 1. The van der Waals surface area contributed by atoms with Gasteiger partial charge in [0.15, 0.2) is 0 Å². The summed E-state index contributed by atoms with van der Waals surface area (Å²) in [7, 11) is 1.61. The lowest BCUT2D eigenvalue weighted by molar-refractivity contribution is -0.139. The summed E-state index contributed by atoms with van der Waals surface area (Å²) in [5, 5.41) is 0. The molecule has 1 heterocycles. The summed E-state index contributed by atoms with van der Waals surface area (Å²) in [4.78, 5) is 13.7. The monoisotopic (exact) mass is 244 g/mol. The predicted octanol–water partition coefficient (Wildman–Crippen LogP) is 0.0927. The summed E-state index contributed by atoms with van der Waals surface area (Å²) in [5.41, 5.74) is 5.71. The molecular formula is C12H24N2O3. The van der Waals surface area contributed by atoms with Crippen molar-refractivity contribution in [1.82, 2.24) is 4.90 Å². The zero-order valence-electron chi connectivity index (χ0n) is 10.9. The number of nitrogens with zero attached hydrogens (tertiary/aromatic N) is 1. The van der Waals surface area contributed by atoms with Gasteiger partial charge in [0.2, 0.25) is 5.91 Å². The van der Waals surface area contributed by atoms with Crippen molar-refractivity contribution in [2.24, 2.45) is 17.6 Å². The Hall–Kier alpha value is -0.650. The molecule has 1 saturated heterocycles. The first-order chi connectivity index (χ1) is 8.19. The van der Waals surface area contributed by atoms with Crippen LogP contribution in [-0.2, 0) is 14.3 Å². The number of carbonyl (C=O) groups is 1. The molecule has 0 aromatic heterocycles. The molecule has 17 heavy (non-hydrogen) atoms. The molecule has 1 aliphatic rings. The van der Waals surface area contributed by atoms with E-state index in [0.29, 0.717) is 31.6 Å². The molecule has 0 aliphatic carbocycles. The van der Waals surface area contributed by atoms with E-state index in [4.69, 9.17) is 15.2 Å². The van der Waals surface area contributed by atoms with Crippen molar-refractivity contribution < 1.29 is 14.3 Å². The molecule has 1 rings (SSSR count). The maximum absolute atomic E-state index is 11.8. The van der Waals surface area contributed by atoms with Gasteiger partial charge in [-0.05, 0) is 24.8 Å². The summed E-state index contributed by atoms with van der Waals surface area (Å²) < 4.78 is 10.1. The first-order valence-corrected chi connectivity index (χ1v) is 6.23. The third-order valence-corrected chi connectivity index (χ3v) is 3.43. The van der Waals surface area contributed by atoms with Crippen molar-refractivity contribution in [1.29, 1.82) is 0 Å². The average Bonchev–Trinajstić information content (AvgIpc) is 2.35. The van der Waals surface area contributed by atoms with E-state index in [-0.39, 0.29) is 12.5 Å². The molecule has 2 N–H and O–H groups in total. The predicted molar refractivity (Wildman–Crippen MR) is 65.6 cm³/mol. The van der Waals surface area contributed by atoms with Crippen LogP contribution in [-0.4, -0.2) is 57.4 Å². The van der Waals surface area contributed by atoms with Crippen LogP contribution in [0.5, 0.6) is 0 Å². The molecule has 0 aromatic rings. The molecule has 5 heteroatoms. The summed E-state index contributed by atoms with van der Waals surface area (Å²) in [5.74, 6) is 1.09. The van der Waals surface area contributed by atoms with Crippen molar-refractivity contribution in [3.05, 3.63) is 0 Å². The van der Waals surface area contributed by atoms with Crippen LogP contribution in [0.1, 0.15) is 13.3 Å². The Morgan fingerprint density at radius 3 is 2.88 bits per heavy atom. The second kappa shape index (κ2) is 7.63. The zero-order chi connectivity index (χ0) is 12.7. The molecule has 2 atom stereocenters. The van der Waals surface area contributed by atoms with Gasteiger partial charge in [-0.2, -0.15) is 0 Å². The first-order valence-electron chi connectivity index (χ1n) is 6.23. The highest BCUT2D eigenvalue weighted by Crippen LogP contribution is 2.22. The molecule has 2 unspecified atom stereocenters. The van der Waals surface area contributed by atoms with E-state index < -0.39 is 0 Å². The molecule has 0 radical (unpaired) electrons. The fourth-order valence-electron chi connectivity index (χ4n) is 2.08. The van der Waals surface area contributed by atoms with Crippen molar-refractivity contribution in [2.45, 2.75) is 13.3 Å². The number of methoxy groups -OCH3 is 1. The van der Waals surface area contributed by atoms with Crippen molar-refractivity contribution in [2.75, 3.05) is 46.6 Å². The molecule has 0 spiro atoms. The van der Waals surface area contributed by atoms with E-state index in [0.717, 1.165) is 19.5 Å². The van der Waals surface area contributed by atoms with Gasteiger partial charge >= 0.3 is 0 Å². The van der Waals surface area contributed by atoms with Crippen LogP contribution < -0.4 is 5.73 Å². The van der Waals surface area contributed by atoms with Crippen LogP contribution in [0.4, 0.5) is 0 Å². The molecular weight excluding hydrogens is 220 g/mol. The first kappa shape index (κ1) is 14.4. The third-order valence-electron chi connectivity index (χ3n) is 3.43. The largest absolute Gasteiger partial charge is 0.382 e. The van der Waals surface area contributed by atoms with E-state index >= 15 is 0 Å². The molecule has 1 fully saturated rings. The highest BCUT2D eigenvalue weighted by atomic mass is 16.5. The van der Waals surface area contributed by atoms with Crippen LogP contribution in [0.15, 0.2) is 0 Å². The SMILES string of the molecule is COCCOCC(=O)N1CCC(C)C(CN)C1. The minimum Gasteiger partial charge on any atom is -0.382 e. The maximum Gasteiger partial charge on any atom is 0.248 e. The number of likely N-dealkylation sites (tertiary alicyclic amines) is 1. The van der Waals surface area contributed by atoms with Gasteiger partial charge in [0.25, 0.3) is 0 Å². The number of piperidine rings is 1. The van der Waals surface area contributed by atoms with Gasteiger partial charge in [-0.3, -0.25) is 4.79 Å². The quantitative estimate of drug-likeness (QED) is 0.673. The van der Waals surface area contributed by atoms with E-state index in [9.17, 15) is 4.79 Å². The van der Waals surface area contributed by atoms with Gasteiger partial charge in [0.1, 0.15) is 6.61 Å². The Bertz CT molecular complexity index is 236. The number of hydrogen-bond donors (Lipinski definition) is 1. The van der Waals surface area contributed by atoms with E-state index in [2.05, 4.69) is 6.92 Å². The Morgan fingerprint density at radius 1 is 1.47 bits per heavy atom. The van der Waals surface area contributed by atoms with Gasteiger partial charge in [0, 0.05) is 20.2 Å². The van der Waals surface area contributed by atoms with Crippen LogP contribution in [0.3, 0.4) is 0 Å². The summed E-state index contributed by atoms with van der Waals surface area (Å²) in [6.07, 6.45) is 1.03. The van der Waals surface area contributed by atoms with Crippen LogP contribution in [0, 0.1) is 11.8 Å². The van der Waals surface area contributed by atoms with Gasteiger partial charge < -0.3 is 20.1 Å². The number of amides is 1. The molecule has 5 nitrogen and oxygen atoms in total.